The van der Waals surface area contributed by atoms with Gasteiger partial charge in [-0.15, -0.1) is 0 Å². The number of para-hydroxylation sites is 1. The summed E-state index contributed by atoms with van der Waals surface area (Å²) in [6.07, 6.45) is 3.22. The van der Waals surface area contributed by atoms with E-state index in [1.54, 1.807) is 18.2 Å². The quantitative estimate of drug-likeness (QED) is 0.900. The van der Waals surface area contributed by atoms with Crippen molar-refractivity contribution in [2.75, 3.05) is 26.3 Å². The van der Waals surface area contributed by atoms with E-state index in [9.17, 15) is 13.5 Å². The van der Waals surface area contributed by atoms with Gasteiger partial charge in [0, 0.05) is 19.0 Å². The van der Waals surface area contributed by atoms with Crippen LogP contribution in [0.25, 0.3) is 0 Å². The van der Waals surface area contributed by atoms with Gasteiger partial charge in [-0.05, 0) is 37.8 Å². The molecule has 23 heavy (non-hydrogen) atoms. The van der Waals surface area contributed by atoms with Crippen LogP contribution >= 0.6 is 0 Å². The molecule has 2 fully saturated rings. The van der Waals surface area contributed by atoms with Crippen LogP contribution in [0.2, 0.25) is 0 Å². The summed E-state index contributed by atoms with van der Waals surface area (Å²) in [5.41, 5.74) is -0.649. The first-order chi connectivity index (χ1) is 11.0. The Labute approximate surface area is 136 Å². The summed E-state index contributed by atoms with van der Waals surface area (Å²) < 4.78 is 38.7. The lowest BCUT2D eigenvalue weighted by atomic mass is 9.92. The van der Waals surface area contributed by atoms with E-state index in [-0.39, 0.29) is 10.8 Å². The number of sulfonamides is 1. The minimum Gasteiger partial charge on any atom is -0.486 e. The van der Waals surface area contributed by atoms with Gasteiger partial charge in [-0.1, -0.05) is 6.07 Å². The normalized spacial score (nSPS) is 26.7. The first-order valence-electron chi connectivity index (χ1n) is 8.12. The zero-order chi connectivity index (χ0) is 16.1. The molecule has 1 aromatic rings. The van der Waals surface area contributed by atoms with Gasteiger partial charge in [0.2, 0.25) is 10.0 Å². The molecule has 1 N–H and O–H groups in total. The molecule has 1 aromatic carbocycles. The second-order valence-electron chi connectivity index (χ2n) is 6.59. The van der Waals surface area contributed by atoms with Gasteiger partial charge in [0.25, 0.3) is 0 Å². The largest absolute Gasteiger partial charge is 0.486 e. The second-order valence-corrected chi connectivity index (χ2v) is 8.49. The SMILES string of the molecule is O=S(=O)(c1cccc2c1OCCO2)N1CCCC(C2(O)CC2)C1. The van der Waals surface area contributed by atoms with Crippen LogP contribution in [0.5, 0.6) is 11.5 Å². The number of aliphatic hydroxyl groups is 1. The molecular formula is C16H21NO5S. The first kappa shape index (κ1) is 15.2. The predicted octanol–water partition coefficient (Wildman–Crippen LogP) is 1.38. The number of nitrogens with zero attached hydrogens (tertiary/aromatic N) is 1. The molecule has 1 saturated carbocycles. The van der Waals surface area contributed by atoms with Gasteiger partial charge < -0.3 is 14.6 Å². The van der Waals surface area contributed by atoms with Crippen molar-refractivity contribution in [1.29, 1.82) is 0 Å². The highest BCUT2D eigenvalue weighted by Gasteiger charge is 2.50. The second kappa shape index (κ2) is 5.36. The van der Waals surface area contributed by atoms with Gasteiger partial charge >= 0.3 is 0 Å². The van der Waals surface area contributed by atoms with E-state index in [2.05, 4.69) is 0 Å². The zero-order valence-electron chi connectivity index (χ0n) is 12.9. The van der Waals surface area contributed by atoms with Crippen molar-refractivity contribution >= 4 is 10.0 Å². The third-order valence-electron chi connectivity index (χ3n) is 5.05. The minimum absolute atomic E-state index is 0.0303. The van der Waals surface area contributed by atoms with E-state index in [1.165, 1.54) is 4.31 Å². The van der Waals surface area contributed by atoms with Crippen LogP contribution in [0.15, 0.2) is 23.1 Å². The van der Waals surface area contributed by atoms with Crippen molar-refractivity contribution < 1.29 is 23.0 Å². The minimum atomic E-state index is -3.65. The molecule has 1 unspecified atom stereocenters. The summed E-state index contributed by atoms with van der Waals surface area (Å²) in [7, 11) is -3.65. The predicted molar refractivity (Wildman–Crippen MR) is 83.1 cm³/mol. The highest BCUT2D eigenvalue weighted by molar-refractivity contribution is 7.89. The molecule has 7 heteroatoms. The molecule has 0 amide bonds. The fourth-order valence-electron chi connectivity index (χ4n) is 3.52. The van der Waals surface area contributed by atoms with E-state index in [0.29, 0.717) is 37.8 Å². The summed E-state index contributed by atoms with van der Waals surface area (Å²) in [6, 6.07) is 4.97. The summed E-state index contributed by atoms with van der Waals surface area (Å²) in [5.74, 6) is 0.820. The van der Waals surface area contributed by atoms with Gasteiger partial charge in [0.15, 0.2) is 11.5 Å². The molecule has 126 valence electrons. The smallest absolute Gasteiger partial charge is 0.246 e. The maximum absolute atomic E-state index is 13.1. The standard InChI is InChI=1S/C16H21NO5S/c18-16(6-7-16)12-3-2-8-17(11-12)23(19,20)14-5-1-4-13-15(14)22-10-9-21-13/h1,4-5,12,18H,2-3,6-11H2. The number of fused-ring (bicyclic) bond motifs is 1. The monoisotopic (exact) mass is 339 g/mol. The molecule has 2 aliphatic heterocycles. The highest BCUT2D eigenvalue weighted by Crippen LogP contribution is 2.46. The van der Waals surface area contributed by atoms with Crippen molar-refractivity contribution in [3.63, 3.8) is 0 Å². The number of benzene rings is 1. The summed E-state index contributed by atoms with van der Waals surface area (Å²) in [4.78, 5) is 0.165. The van der Waals surface area contributed by atoms with Crippen molar-refractivity contribution in [2.24, 2.45) is 5.92 Å². The maximum Gasteiger partial charge on any atom is 0.246 e. The Morgan fingerprint density at radius 3 is 2.78 bits per heavy atom. The van der Waals surface area contributed by atoms with Gasteiger partial charge in [-0.25, -0.2) is 8.42 Å². The molecule has 1 atom stereocenters. The number of hydrogen-bond acceptors (Lipinski definition) is 5. The molecule has 0 spiro atoms. The van der Waals surface area contributed by atoms with Crippen LogP contribution in [0.3, 0.4) is 0 Å². The first-order valence-corrected chi connectivity index (χ1v) is 9.56. The third kappa shape index (κ3) is 2.60. The number of hydrogen-bond donors (Lipinski definition) is 1. The molecular weight excluding hydrogens is 318 g/mol. The van der Waals surface area contributed by atoms with E-state index in [4.69, 9.17) is 9.47 Å². The summed E-state index contributed by atoms with van der Waals surface area (Å²) >= 11 is 0. The third-order valence-corrected chi connectivity index (χ3v) is 6.94. The van der Waals surface area contributed by atoms with Gasteiger partial charge in [-0.3, -0.25) is 0 Å². The van der Waals surface area contributed by atoms with E-state index in [0.717, 1.165) is 25.7 Å². The molecule has 1 aliphatic carbocycles. The Bertz CT molecular complexity index is 713. The van der Waals surface area contributed by atoms with Gasteiger partial charge in [0.05, 0.1) is 5.60 Å². The van der Waals surface area contributed by atoms with Crippen LogP contribution in [0.4, 0.5) is 0 Å². The average molecular weight is 339 g/mol. The molecule has 0 bridgehead atoms. The Hall–Kier alpha value is -1.31. The fourth-order valence-corrected chi connectivity index (χ4v) is 5.19. The Morgan fingerprint density at radius 2 is 2.00 bits per heavy atom. The summed E-state index contributed by atoms with van der Waals surface area (Å²) in [5, 5.41) is 10.3. The lowest BCUT2D eigenvalue weighted by Crippen LogP contribution is -2.44. The Balaban J connectivity index is 1.65. The zero-order valence-corrected chi connectivity index (χ0v) is 13.7. The number of ether oxygens (including phenoxy) is 2. The van der Waals surface area contributed by atoms with E-state index < -0.39 is 15.6 Å². The van der Waals surface area contributed by atoms with Crippen molar-refractivity contribution in [2.45, 2.75) is 36.2 Å². The van der Waals surface area contributed by atoms with Gasteiger partial charge in [0.1, 0.15) is 18.1 Å². The molecule has 0 aromatic heterocycles. The lowest BCUT2D eigenvalue weighted by molar-refractivity contribution is 0.0514. The molecule has 3 aliphatic rings. The molecule has 0 radical (unpaired) electrons. The summed E-state index contributed by atoms with van der Waals surface area (Å²) in [6.45, 7) is 1.64. The number of rotatable bonds is 3. The van der Waals surface area contributed by atoms with Crippen molar-refractivity contribution in [3.8, 4) is 11.5 Å². The Morgan fingerprint density at radius 1 is 1.22 bits per heavy atom. The molecule has 2 heterocycles. The molecule has 6 nitrogen and oxygen atoms in total. The van der Waals surface area contributed by atoms with Crippen LogP contribution < -0.4 is 9.47 Å². The Kier molecular flexibility index (Phi) is 3.55. The van der Waals surface area contributed by atoms with E-state index in [1.807, 2.05) is 0 Å². The number of piperidine rings is 1. The van der Waals surface area contributed by atoms with Crippen LogP contribution in [-0.2, 0) is 10.0 Å². The molecule has 1 saturated heterocycles. The molecule has 4 rings (SSSR count). The van der Waals surface area contributed by atoms with Gasteiger partial charge in [-0.2, -0.15) is 4.31 Å². The lowest BCUT2D eigenvalue weighted by Gasteiger charge is -2.35. The van der Waals surface area contributed by atoms with Crippen molar-refractivity contribution in [3.05, 3.63) is 18.2 Å². The van der Waals surface area contributed by atoms with Crippen LogP contribution in [0, 0.1) is 5.92 Å². The van der Waals surface area contributed by atoms with E-state index >= 15 is 0 Å². The highest BCUT2D eigenvalue weighted by atomic mass is 32.2. The fraction of sp³-hybridized carbons (Fsp3) is 0.625. The van der Waals surface area contributed by atoms with Crippen LogP contribution in [0.1, 0.15) is 25.7 Å². The van der Waals surface area contributed by atoms with Crippen molar-refractivity contribution in [1.82, 2.24) is 4.31 Å². The maximum atomic E-state index is 13.1. The van der Waals surface area contributed by atoms with Crippen LogP contribution in [-0.4, -0.2) is 49.7 Å². The topological polar surface area (TPSA) is 76.1 Å². The average Bonchev–Trinajstić information content (AvgIpc) is 3.33.